The number of ether oxygens (including phenoxy) is 1. The molecule has 1 N–H and O–H groups in total. The van der Waals surface area contributed by atoms with E-state index in [1.807, 2.05) is 60.7 Å². The maximum Gasteiger partial charge on any atom is 0.343 e. The highest BCUT2D eigenvalue weighted by molar-refractivity contribution is 6.05. The summed E-state index contributed by atoms with van der Waals surface area (Å²) in [5, 5.41) is 0.329. The number of rotatable bonds is 4. The van der Waals surface area contributed by atoms with E-state index in [9.17, 15) is 9.59 Å². The molecule has 0 bridgehead atoms. The molecule has 156 valence electrons. The molecule has 0 saturated carbocycles. The molecule has 0 aliphatic rings. The quantitative estimate of drug-likeness (QED) is 0.327. The van der Waals surface area contributed by atoms with Crippen LogP contribution in [0.1, 0.15) is 17.3 Å². The fourth-order valence-electron chi connectivity index (χ4n) is 3.77. The van der Waals surface area contributed by atoms with Crippen LogP contribution in [-0.4, -0.2) is 27.5 Å². The number of esters is 1. The summed E-state index contributed by atoms with van der Waals surface area (Å²) in [6.07, 6.45) is 1.27. The maximum absolute atomic E-state index is 13.0. The summed E-state index contributed by atoms with van der Waals surface area (Å²) < 4.78 is 4.99. The smallest absolute Gasteiger partial charge is 0.343 e. The zero-order valence-electron chi connectivity index (χ0n) is 17.3. The van der Waals surface area contributed by atoms with E-state index >= 15 is 0 Å². The van der Waals surface area contributed by atoms with Crippen LogP contribution < -0.4 is 5.43 Å². The van der Waals surface area contributed by atoms with Gasteiger partial charge in [0.05, 0.1) is 28.9 Å². The molecule has 6 nitrogen and oxygen atoms in total. The molecule has 0 fully saturated rings. The largest absolute Gasteiger partial charge is 0.462 e. The molecular formula is C26H19N3O3. The van der Waals surface area contributed by atoms with Crippen LogP contribution in [0.5, 0.6) is 0 Å². The van der Waals surface area contributed by atoms with E-state index in [1.54, 1.807) is 19.1 Å². The van der Waals surface area contributed by atoms with Crippen molar-refractivity contribution in [3.05, 3.63) is 94.8 Å². The lowest BCUT2D eigenvalue weighted by molar-refractivity contribution is 0.0524. The fraction of sp³-hybridized carbons (Fsp3) is 0.0769. The summed E-state index contributed by atoms with van der Waals surface area (Å²) in [4.78, 5) is 37.9. The topological polar surface area (TPSA) is 84.9 Å². The van der Waals surface area contributed by atoms with Crippen LogP contribution in [0.2, 0.25) is 0 Å². The second-order valence-corrected chi connectivity index (χ2v) is 7.27. The molecule has 0 aliphatic heterocycles. The Kier molecular flexibility index (Phi) is 4.95. The predicted octanol–water partition coefficient (Wildman–Crippen LogP) is 4.98. The number of aromatic amines is 1. The number of fused-ring (bicyclic) bond motifs is 3. The first-order valence-electron chi connectivity index (χ1n) is 10.3. The minimum absolute atomic E-state index is 0.0770. The number of carbonyl (C=O) groups excluding carboxylic acids is 1. The molecule has 0 spiro atoms. The van der Waals surface area contributed by atoms with Crippen molar-refractivity contribution in [3.8, 4) is 22.5 Å². The van der Waals surface area contributed by atoms with Crippen molar-refractivity contribution in [1.29, 1.82) is 0 Å². The van der Waals surface area contributed by atoms with E-state index < -0.39 is 11.4 Å². The Balaban J connectivity index is 1.81. The third-order valence-electron chi connectivity index (χ3n) is 5.29. The van der Waals surface area contributed by atoms with Gasteiger partial charge in [-0.1, -0.05) is 60.7 Å². The third kappa shape index (κ3) is 3.32. The monoisotopic (exact) mass is 421 g/mol. The first-order chi connectivity index (χ1) is 15.7. The molecule has 0 aliphatic carbocycles. The molecule has 5 rings (SSSR count). The predicted molar refractivity (Wildman–Crippen MR) is 124 cm³/mol. The van der Waals surface area contributed by atoms with E-state index in [2.05, 4.69) is 9.97 Å². The number of carbonyl (C=O) groups is 1. The van der Waals surface area contributed by atoms with Gasteiger partial charge in [0.15, 0.2) is 0 Å². The van der Waals surface area contributed by atoms with E-state index in [-0.39, 0.29) is 12.2 Å². The van der Waals surface area contributed by atoms with Crippen molar-refractivity contribution in [2.75, 3.05) is 6.61 Å². The molecule has 0 amide bonds. The Morgan fingerprint density at radius 2 is 1.59 bits per heavy atom. The number of pyridine rings is 1. The van der Waals surface area contributed by atoms with Gasteiger partial charge in [-0.2, -0.15) is 0 Å². The zero-order valence-corrected chi connectivity index (χ0v) is 17.3. The Labute approximate surface area is 183 Å². The van der Waals surface area contributed by atoms with Crippen molar-refractivity contribution >= 4 is 27.9 Å². The highest BCUT2D eigenvalue weighted by Gasteiger charge is 2.18. The molecule has 6 heteroatoms. The fourth-order valence-corrected chi connectivity index (χ4v) is 3.77. The summed E-state index contributed by atoms with van der Waals surface area (Å²) >= 11 is 0. The molecule has 2 aromatic heterocycles. The molecule has 3 aromatic carbocycles. The van der Waals surface area contributed by atoms with Gasteiger partial charge in [0, 0.05) is 17.3 Å². The molecule has 2 heterocycles. The lowest BCUT2D eigenvalue weighted by Crippen LogP contribution is -2.18. The lowest BCUT2D eigenvalue weighted by Gasteiger charge is -2.13. The normalized spacial score (nSPS) is 11.0. The van der Waals surface area contributed by atoms with Crippen LogP contribution in [-0.2, 0) is 4.74 Å². The number of aromatic nitrogens is 3. The average Bonchev–Trinajstić information content (AvgIpc) is 2.84. The van der Waals surface area contributed by atoms with Gasteiger partial charge in [-0.05, 0) is 19.1 Å². The molecule has 32 heavy (non-hydrogen) atoms. The Morgan fingerprint density at radius 1 is 0.906 bits per heavy atom. The van der Waals surface area contributed by atoms with Gasteiger partial charge in [-0.25, -0.2) is 9.78 Å². The van der Waals surface area contributed by atoms with Gasteiger partial charge in [0.1, 0.15) is 16.6 Å². The molecule has 0 atom stereocenters. The lowest BCUT2D eigenvalue weighted by atomic mass is 10.0. The van der Waals surface area contributed by atoms with Crippen molar-refractivity contribution in [2.45, 2.75) is 6.92 Å². The zero-order chi connectivity index (χ0) is 22.1. The number of benzene rings is 3. The molecule has 5 aromatic rings. The number of hydrogen-bond acceptors (Lipinski definition) is 5. The van der Waals surface area contributed by atoms with Crippen LogP contribution in [0.3, 0.4) is 0 Å². The van der Waals surface area contributed by atoms with Crippen molar-refractivity contribution < 1.29 is 9.53 Å². The number of hydrogen-bond donors (Lipinski definition) is 1. The standard InChI is InChI=1S/C26H19N3O3/c1-2-32-26(31)19-15-27-23-18(25(19)30)13-14-20-24(23)29-22(17-11-7-4-8-12-17)21(28-20)16-9-5-3-6-10-16/h3-15,28H,2H2,1H3. The first kappa shape index (κ1) is 19.6. The average molecular weight is 421 g/mol. The number of H-pyrrole nitrogens is 1. The molecule has 0 unspecified atom stereocenters. The summed E-state index contributed by atoms with van der Waals surface area (Å²) in [6.45, 7) is 1.88. The highest BCUT2D eigenvalue weighted by atomic mass is 16.5. The SMILES string of the molecule is CCOC(=O)c1cnc2c(ccc3[nH]c(-c4ccccc4)c(-c4ccccc4)nc32)c1=O. The minimum Gasteiger partial charge on any atom is -0.462 e. The summed E-state index contributed by atoms with van der Waals surface area (Å²) in [5.74, 6) is -0.670. The summed E-state index contributed by atoms with van der Waals surface area (Å²) in [7, 11) is 0. The van der Waals surface area contributed by atoms with Crippen molar-refractivity contribution in [2.24, 2.45) is 0 Å². The molecule has 0 radical (unpaired) electrons. The van der Waals surface area contributed by atoms with Crippen molar-refractivity contribution in [1.82, 2.24) is 15.0 Å². The summed E-state index contributed by atoms with van der Waals surface area (Å²) in [5.41, 5.74) is 4.81. The van der Waals surface area contributed by atoms with Crippen LogP contribution >= 0.6 is 0 Å². The Morgan fingerprint density at radius 3 is 2.28 bits per heavy atom. The van der Waals surface area contributed by atoms with Crippen LogP contribution in [0.15, 0.2) is 83.8 Å². The number of nitrogens with one attached hydrogen (secondary N) is 1. The van der Waals surface area contributed by atoms with Crippen LogP contribution in [0.25, 0.3) is 44.5 Å². The number of nitrogens with zero attached hydrogens (tertiary/aromatic N) is 2. The van der Waals surface area contributed by atoms with Crippen LogP contribution in [0.4, 0.5) is 0 Å². The second-order valence-electron chi connectivity index (χ2n) is 7.27. The van der Waals surface area contributed by atoms with Gasteiger partial charge in [-0.3, -0.25) is 9.78 Å². The highest BCUT2D eigenvalue weighted by Crippen LogP contribution is 2.32. The van der Waals surface area contributed by atoms with Crippen LogP contribution in [0, 0.1) is 0 Å². The second kappa shape index (κ2) is 8.07. The first-order valence-corrected chi connectivity index (χ1v) is 10.3. The summed E-state index contributed by atoms with van der Waals surface area (Å²) in [6, 6.07) is 23.3. The van der Waals surface area contributed by atoms with E-state index in [4.69, 9.17) is 9.72 Å². The van der Waals surface area contributed by atoms with Gasteiger partial charge in [0.2, 0.25) is 5.43 Å². The van der Waals surface area contributed by atoms with Gasteiger partial charge in [0.25, 0.3) is 0 Å². The molecular weight excluding hydrogens is 402 g/mol. The van der Waals surface area contributed by atoms with Gasteiger partial charge >= 0.3 is 5.97 Å². The van der Waals surface area contributed by atoms with Gasteiger partial charge < -0.3 is 9.72 Å². The van der Waals surface area contributed by atoms with Gasteiger partial charge in [-0.15, -0.1) is 0 Å². The third-order valence-corrected chi connectivity index (χ3v) is 5.29. The Bertz CT molecular complexity index is 1510. The van der Waals surface area contributed by atoms with E-state index in [0.29, 0.717) is 16.4 Å². The maximum atomic E-state index is 13.0. The minimum atomic E-state index is -0.670. The van der Waals surface area contributed by atoms with E-state index in [1.165, 1.54) is 6.20 Å². The Hall–Kier alpha value is -4.32. The van der Waals surface area contributed by atoms with E-state index in [0.717, 1.165) is 28.0 Å². The molecule has 0 saturated heterocycles. The van der Waals surface area contributed by atoms with Crippen molar-refractivity contribution in [3.63, 3.8) is 0 Å².